The van der Waals surface area contributed by atoms with Gasteiger partial charge in [0.15, 0.2) is 5.79 Å². The lowest BCUT2D eigenvalue weighted by atomic mass is 10.1. The first kappa shape index (κ1) is 20.2. The zero-order valence-electron chi connectivity index (χ0n) is 15.1. The van der Waals surface area contributed by atoms with E-state index in [1.165, 1.54) is 0 Å². The summed E-state index contributed by atoms with van der Waals surface area (Å²) in [6, 6.07) is 8.65. The van der Waals surface area contributed by atoms with Crippen molar-refractivity contribution in [1.82, 2.24) is 0 Å². The van der Waals surface area contributed by atoms with Crippen molar-refractivity contribution < 1.29 is 36.3 Å². The second kappa shape index (κ2) is 7.82. The van der Waals surface area contributed by atoms with E-state index >= 15 is 0 Å². The van der Waals surface area contributed by atoms with Crippen molar-refractivity contribution in [1.29, 1.82) is 0 Å². The lowest BCUT2D eigenvalue weighted by Gasteiger charge is -2.23. The van der Waals surface area contributed by atoms with Crippen LogP contribution in [-0.2, 0) is 33.4 Å². The quantitative estimate of drug-likeness (QED) is 0.664. The molecule has 150 valence electrons. The predicted molar refractivity (Wildman–Crippen MR) is 92.9 cm³/mol. The summed E-state index contributed by atoms with van der Waals surface area (Å²) < 4.78 is 49.5. The number of hydrogen-bond donors (Lipinski definition) is 1. The zero-order chi connectivity index (χ0) is 19.7. The SMILES string of the molecule is CC1(C)OC2C(CCOC(=O)c3ccccc3)OC(COS(N)(=O)=O)C2O1. The van der Waals surface area contributed by atoms with Gasteiger partial charge in [-0.1, -0.05) is 18.2 Å². The Morgan fingerprint density at radius 2 is 1.78 bits per heavy atom. The Morgan fingerprint density at radius 3 is 2.41 bits per heavy atom. The molecule has 2 heterocycles. The second-order valence-corrected chi connectivity index (χ2v) is 8.07. The van der Waals surface area contributed by atoms with Crippen LogP contribution in [0.5, 0.6) is 0 Å². The Hall–Kier alpha value is -1.56. The Bertz CT molecular complexity index is 766. The van der Waals surface area contributed by atoms with Crippen molar-refractivity contribution in [2.75, 3.05) is 13.2 Å². The van der Waals surface area contributed by atoms with Crippen LogP contribution in [0.25, 0.3) is 0 Å². The molecule has 3 rings (SSSR count). The summed E-state index contributed by atoms with van der Waals surface area (Å²) in [6.45, 7) is 3.36. The van der Waals surface area contributed by atoms with Gasteiger partial charge in [-0.15, -0.1) is 0 Å². The number of nitrogens with two attached hydrogens (primary N) is 1. The molecular weight excluding hydrogens is 378 g/mol. The van der Waals surface area contributed by atoms with E-state index in [0.717, 1.165) is 0 Å². The van der Waals surface area contributed by atoms with Crippen molar-refractivity contribution in [3.63, 3.8) is 0 Å². The van der Waals surface area contributed by atoms with Crippen LogP contribution < -0.4 is 5.14 Å². The topological polar surface area (TPSA) is 123 Å². The average Bonchev–Trinajstić information content (AvgIpc) is 3.07. The molecule has 1 aromatic carbocycles. The Kier molecular flexibility index (Phi) is 5.84. The molecule has 2 aliphatic heterocycles. The molecule has 9 nitrogen and oxygen atoms in total. The summed E-state index contributed by atoms with van der Waals surface area (Å²) in [4.78, 5) is 12.0. The lowest BCUT2D eigenvalue weighted by molar-refractivity contribution is -0.190. The van der Waals surface area contributed by atoms with Gasteiger partial charge < -0.3 is 18.9 Å². The maximum absolute atomic E-state index is 12.0. The van der Waals surface area contributed by atoms with Crippen molar-refractivity contribution in [3.05, 3.63) is 35.9 Å². The highest BCUT2D eigenvalue weighted by atomic mass is 32.2. The van der Waals surface area contributed by atoms with E-state index in [1.807, 2.05) is 6.07 Å². The molecule has 10 heteroatoms. The summed E-state index contributed by atoms with van der Waals surface area (Å²) in [7, 11) is -4.09. The number of fused-ring (bicyclic) bond motifs is 1. The van der Waals surface area contributed by atoms with Gasteiger partial charge in [-0.05, 0) is 26.0 Å². The fourth-order valence-electron chi connectivity index (χ4n) is 3.23. The van der Waals surface area contributed by atoms with Gasteiger partial charge in [0.25, 0.3) is 0 Å². The van der Waals surface area contributed by atoms with Crippen LogP contribution >= 0.6 is 0 Å². The van der Waals surface area contributed by atoms with Gasteiger partial charge in [0, 0.05) is 6.42 Å². The van der Waals surface area contributed by atoms with Gasteiger partial charge in [-0.3, -0.25) is 4.18 Å². The number of benzene rings is 1. The van der Waals surface area contributed by atoms with Crippen LogP contribution in [0.3, 0.4) is 0 Å². The molecule has 0 spiro atoms. The minimum atomic E-state index is -4.09. The molecular formula is C17H23NO8S. The van der Waals surface area contributed by atoms with Gasteiger partial charge in [-0.2, -0.15) is 8.42 Å². The van der Waals surface area contributed by atoms with Crippen LogP contribution in [0.4, 0.5) is 0 Å². The summed E-state index contributed by atoms with van der Waals surface area (Å²) in [5.74, 6) is -1.26. The molecule has 2 N–H and O–H groups in total. The number of carbonyl (C=O) groups is 1. The average molecular weight is 401 g/mol. The maximum atomic E-state index is 12.0. The number of rotatable bonds is 7. The zero-order valence-corrected chi connectivity index (χ0v) is 15.9. The van der Waals surface area contributed by atoms with Gasteiger partial charge in [0.05, 0.1) is 24.9 Å². The number of hydrogen-bond acceptors (Lipinski definition) is 8. The fourth-order valence-corrected chi connectivity index (χ4v) is 3.55. The Balaban J connectivity index is 1.57. The fraction of sp³-hybridized carbons (Fsp3) is 0.588. The van der Waals surface area contributed by atoms with E-state index in [9.17, 15) is 13.2 Å². The van der Waals surface area contributed by atoms with Crippen molar-refractivity contribution in [2.24, 2.45) is 5.14 Å². The van der Waals surface area contributed by atoms with Gasteiger partial charge in [0.1, 0.15) is 18.3 Å². The second-order valence-electron chi connectivity index (χ2n) is 6.85. The molecule has 0 aliphatic carbocycles. The molecule has 4 atom stereocenters. The Labute approximate surface area is 157 Å². The summed E-state index contributed by atoms with van der Waals surface area (Å²) >= 11 is 0. The lowest BCUT2D eigenvalue weighted by Crippen LogP contribution is -2.34. The summed E-state index contributed by atoms with van der Waals surface area (Å²) in [5, 5.41) is 4.87. The third-order valence-corrected chi connectivity index (χ3v) is 4.75. The summed E-state index contributed by atoms with van der Waals surface area (Å²) in [6.07, 6.45) is -1.66. The number of esters is 1. The molecule has 2 saturated heterocycles. The molecule has 2 aliphatic rings. The first-order valence-electron chi connectivity index (χ1n) is 8.55. The van der Waals surface area contributed by atoms with Crippen LogP contribution in [0.1, 0.15) is 30.6 Å². The first-order chi connectivity index (χ1) is 12.6. The Morgan fingerprint density at radius 1 is 1.15 bits per heavy atom. The normalized spacial score (nSPS) is 29.4. The van der Waals surface area contributed by atoms with E-state index < -0.39 is 46.5 Å². The summed E-state index contributed by atoms with van der Waals surface area (Å²) in [5.41, 5.74) is 0.462. The van der Waals surface area contributed by atoms with E-state index in [1.54, 1.807) is 38.1 Å². The van der Waals surface area contributed by atoms with E-state index in [4.69, 9.17) is 24.1 Å². The minimum Gasteiger partial charge on any atom is -0.462 e. The van der Waals surface area contributed by atoms with E-state index in [-0.39, 0.29) is 13.2 Å². The monoisotopic (exact) mass is 401 g/mol. The molecule has 0 aromatic heterocycles. The molecule has 1 aromatic rings. The van der Waals surface area contributed by atoms with Crippen LogP contribution in [-0.4, -0.2) is 57.8 Å². The van der Waals surface area contributed by atoms with Crippen LogP contribution in [0.15, 0.2) is 30.3 Å². The standard InChI is InChI=1S/C17H23NO8S/c1-17(2)25-14-12(8-9-22-16(19)11-6-4-3-5-7-11)24-13(15(14)26-17)10-23-27(18,20)21/h3-7,12-15H,8-10H2,1-2H3,(H2,18,20,21). The number of ether oxygens (including phenoxy) is 4. The van der Waals surface area contributed by atoms with Gasteiger partial charge >= 0.3 is 16.3 Å². The molecule has 27 heavy (non-hydrogen) atoms. The molecule has 0 saturated carbocycles. The van der Waals surface area contributed by atoms with E-state index in [2.05, 4.69) is 4.18 Å². The smallest absolute Gasteiger partial charge is 0.338 e. The van der Waals surface area contributed by atoms with Crippen LogP contribution in [0.2, 0.25) is 0 Å². The number of carbonyl (C=O) groups excluding carboxylic acids is 1. The highest BCUT2D eigenvalue weighted by Gasteiger charge is 2.55. The minimum absolute atomic E-state index is 0.119. The molecule has 0 amide bonds. The van der Waals surface area contributed by atoms with E-state index in [0.29, 0.717) is 12.0 Å². The maximum Gasteiger partial charge on any atom is 0.338 e. The molecule has 0 radical (unpaired) electrons. The molecule has 0 bridgehead atoms. The first-order valence-corrected chi connectivity index (χ1v) is 10.0. The van der Waals surface area contributed by atoms with Gasteiger partial charge in [0.2, 0.25) is 0 Å². The molecule has 2 fully saturated rings. The van der Waals surface area contributed by atoms with Crippen molar-refractivity contribution >= 4 is 16.3 Å². The molecule has 4 unspecified atom stereocenters. The van der Waals surface area contributed by atoms with Gasteiger partial charge in [-0.25, -0.2) is 9.93 Å². The third kappa shape index (κ3) is 5.24. The highest BCUT2D eigenvalue weighted by molar-refractivity contribution is 7.84. The largest absolute Gasteiger partial charge is 0.462 e. The highest BCUT2D eigenvalue weighted by Crippen LogP contribution is 2.39. The van der Waals surface area contributed by atoms with Crippen molar-refractivity contribution in [3.8, 4) is 0 Å². The van der Waals surface area contributed by atoms with Crippen molar-refractivity contribution in [2.45, 2.75) is 50.5 Å². The predicted octanol–water partition coefficient (Wildman–Crippen LogP) is 0.741. The third-order valence-electron chi connectivity index (χ3n) is 4.29. The van der Waals surface area contributed by atoms with Crippen LogP contribution in [0, 0.1) is 0 Å².